The SMILES string of the molecule is COC(=O)C(OC1N=C(OC)C=C(OC)N1NC(C)=O)C(C)c1ccccc1. The molecule has 9 heteroatoms. The third-order valence-corrected chi connectivity index (χ3v) is 4.12. The van der Waals surface area contributed by atoms with Crippen LogP contribution >= 0.6 is 0 Å². The lowest BCUT2D eigenvalue weighted by Crippen LogP contribution is -2.52. The highest BCUT2D eigenvalue weighted by Gasteiger charge is 2.36. The van der Waals surface area contributed by atoms with Crippen molar-refractivity contribution in [3.8, 4) is 0 Å². The van der Waals surface area contributed by atoms with Crippen molar-refractivity contribution >= 4 is 17.8 Å². The van der Waals surface area contributed by atoms with Crippen LogP contribution in [0, 0.1) is 0 Å². The quantitative estimate of drug-likeness (QED) is 0.704. The molecule has 0 aromatic heterocycles. The van der Waals surface area contributed by atoms with Crippen LogP contribution in [0.2, 0.25) is 0 Å². The number of rotatable bonds is 7. The zero-order chi connectivity index (χ0) is 20.7. The summed E-state index contributed by atoms with van der Waals surface area (Å²) in [6.45, 7) is 3.18. The molecule has 0 bridgehead atoms. The van der Waals surface area contributed by atoms with E-state index < -0.39 is 18.4 Å². The number of nitrogens with zero attached hydrogens (tertiary/aromatic N) is 2. The van der Waals surface area contributed by atoms with Crippen molar-refractivity contribution in [1.29, 1.82) is 0 Å². The summed E-state index contributed by atoms with van der Waals surface area (Å²) >= 11 is 0. The minimum Gasteiger partial charge on any atom is -0.481 e. The lowest BCUT2D eigenvalue weighted by atomic mass is 9.95. The zero-order valence-electron chi connectivity index (χ0n) is 16.5. The molecule has 1 aromatic rings. The predicted octanol–water partition coefficient (Wildman–Crippen LogP) is 1.53. The van der Waals surface area contributed by atoms with Gasteiger partial charge in [-0.3, -0.25) is 10.2 Å². The Hall–Kier alpha value is -3.07. The van der Waals surface area contributed by atoms with Crippen molar-refractivity contribution in [2.75, 3.05) is 21.3 Å². The van der Waals surface area contributed by atoms with Crippen LogP contribution in [-0.4, -0.2) is 56.6 Å². The molecule has 0 spiro atoms. The van der Waals surface area contributed by atoms with Crippen LogP contribution in [0.25, 0.3) is 0 Å². The number of amides is 1. The Bertz CT molecular complexity index is 749. The van der Waals surface area contributed by atoms with Crippen LogP contribution in [0.3, 0.4) is 0 Å². The molecule has 9 nitrogen and oxygen atoms in total. The van der Waals surface area contributed by atoms with Gasteiger partial charge in [0.25, 0.3) is 6.35 Å². The van der Waals surface area contributed by atoms with Gasteiger partial charge in [0.15, 0.2) is 6.10 Å². The summed E-state index contributed by atoms with van der Waals surface area (Å²) in [5.41, 5.74) is 3.47. The van der Waals surface area contributed by atoms with E-state index in [0.717, 1.165) is 5.56 Å². The molecule has 152 valence electrons. The van der Waals surface area contributed by atoms with E-state index in [9.17, 15) is 9.59 Å². The molecule has 2 rings (SSSR count). The highest BCUT2D eigenvalue weighted by molar-refractivity contribution is 5.88. The van der Waals surface area contributed by atoms with Crippen molar-refractivity contribution in [3.05, 3.63) is 47.9 Å². The van der Waals surface area contributed by atoms with Gasteiger partial charge in [-0.15, -0.1) is 0 Å². The van der Waals surface area contributed by atoms with Crippen LogP contribution in [0.5, 0.6) is 0 Å². The lowest BCUT2D eigenvalue weighted by Gasteiger charge is -2.35. The highest BCUT2D eigenvalue weighted by Crippen LogP contribution is 2.26. The van der Waals surface area contributed by atoms with Crippen LogP contribution in [0.4, 0.5) is 0 Å². The minimum atomic E-state index is -1.10. The Morgan fingerprint density at radius 3 is 2.36 bits per heavy atom. The molecule has 1 aliphatic heterocycles. The van der Waals surface area contributed by atoms with Crippen molar-refractivity contribution in [2.24, 2.45) is 4.99 Å². The Morgan fingerprint density at radius 1 is 1.14 bits per heavy atom. The van der Waals surface area contributed by atoms with Crippen molar-refractivity contribution in [3.63, 3.8) is 0 Å². The maximum atomic E-state index is 12.5. The van der Waals surface area contributed by atoms with E-state index in [1.165, 1.54) is 39.3 Å². The molecule has 3 atom stereocenters. The van der Waals surface area contributed by atoms with Gasteiger partial charge in [-0.1, -0.05) is 37.3 Å². The van der Waals surface area contributed by atoms with Crippen LogP contribution < -0.4 is 5.43 Å². The van der Waals surface area contributed by atoms with Gasteiger partial charge in [-0.25, -0.2) is 9.80 Å². The van der Waals surface area contributed by atoms with E-state index in [1.54, 1.807) is 0 Å². The number of benzene rings is 1. The third-order valence-electron chi connectivity index (χ3n) is 4.12. The predicted molar refractivity (Wildman–Crippen MR) is 101 cm³/mol. The number of esters is 1. The van der Waals surface area contributed by atoms with Crippen LogP contribution in [-0.2, 0) is 28.5 Å². The average Bonchev–Trinajstić information content (AvgIpc) is 2.71. The Labute approximate surface area is 163 Å². The standard InChI is InChI=1S/C19H25N3O6/c1-12(14-9-7-6-8-10-14)17(18(24)27-5)28-19-20-15(25-3)11-16(26-4)22(19)21-13(2)23/h6-12,17,19H,1-5H3,(H,21,23). The molecule has 1 N–H and O–H groups in total. The molecule has 0 radical (unpaired) electrons. The molecule has 1 aromatic carbocycles. The first-order chi connectivity index (χ1) is 13.4. The van der Waals surface area contributed by atoms with E-state index in [-0.39, 0.29) is 23.6 Å². The number of aliphatic imine (C=N–C) groups is 1. The summed E-state index contributed by atoms with van der Waals surface area (Å²) in [4.78, 5) is 28.4. The highest BCUT2D eigenvalue weighted by atomic mass is 16.6. The van der Waals surface area contributed by atoms with E-state index in [0.29, 0.717) is 0 Å². The molecule has 0 aliphatic carbocycles. The molecule has 1 amide bonds. The van der Waals surface area contributed by atoms with E-state index in [1.807, 2.05) is 37.3 Å². The first kappa shape index (κ1) is 21.2. The van der Waals surface area contributed by atoms with Crippen LogP contribution in [0.1, 0.15) is 25.3 Å². The summed E-state index contributed by atoms with van der Waals surface area (Å²) in [5.74, 6) is -0.812. The molecule has 28 heavy (non-hydrogen) atoms. The maximum Gasteiger partial charge on any atom is 0.335 e. The molecule has 1 heterocycles. The fourth-order valence-corrected chi connectivity index (χ4v) is 2.68. The topological polar surface area (TPSA) is 98.7 Å². The van der Waals surface area contributed by atoms with Crippen molar-refractivity contribution < 1.29 is 28.5 Å². The van der Waals surface area contributed by atoms with Gasteiger partial charge in [-0.2, -0.15) is 4.99 Å². The fraction of sp³-hybridized carbons (Fsp3) is 0.421. The summed E-state index contributed by atoms with van der Waals surface area (Å²) < 4.78 is 21.4. The van der Waals surface area contributed by atoms with Gasteiger partial charge in [-0.05, 0) is 5.56 Å². The zero-order valence-corrected chi connectivity index (χ0v) is 16.5. The summed E-state index contributed by atoms with van der Waals surface area (Å²) in [6.07, 6.45) is -0.607. The Kier molecular flexibility index (Phi) is 7.39. The number of carbonyl (C=O) groups excluding carboxylic acids is 2. The maximum absolute atomic E-state index is 12.5. The minimum absolute atomic E-state index is 0.222. The average molecular weight is 391 g/mol. The Morgan fingerprint density at radius 2 is 1.82 bits per heavy atom. The lowest BCUT2D eigenvalue weighted by molar-refractivity contribution is -0.175. The summed E-state index contributed by atoms with van der Waals surface area (Å²) in [7, 11) is 4.16. The van der Waals surface area contributed by atoms with Gasteiger partial charge < -0.3 is 18.9 Å². The summed E-state index contributed by atoms with van der Waals surface area (Å²) in [6, 6.07) is 9.41. The molecular weight excluding hydrogens is 366 g/mol. The normalized spacial score (nSPS) is 18.3. The monoisotopic (exact) mass is 391 g/mol. The molecule has 0 fully saturated rings. The number of hydrogen-bond donors (Lipinski definition) is 1. The molecular formula is C19H25N3O6. The molecule has 3 unspecified atom stereocenters. The number of methoxy groups -OCH3 is 3. The first-order valence-corrected chi connectivity index (χ1v) is 8.63. The fourth-order valence-electron chi connectivity index (χ4n) is 2.68. The van der Waals surface area contributed by atoms with Gasteiger partial charge in [0.2, 0.25) is 17.7 Å². The number of hydrazine groups is 1. The van der Waals surface area contributed by atoms with E-state index >= 15 is 0 Å². The van der Waals surface area contributed by atoms with E-state index in [4.69, 9.17) is 18.9 Å². The Balaban J connectivity index is 2.36. The first-order valence-electron chi connectivity index (χ1n) is 8.63. The smallest absolute Gasteiger partial charge is 0.335 e. The number of carbonyl (C=O) groups is 2. The van der Waals surface area contributed by atoms with Gasteiger partial charge in [0.1, 0.15) is 0 Å². The second kappa shape index (κ2) is 9.75. The number of nitrogens with one attached hydrogen (secondary N) is 1. The molecule has 1 aliphatic rings. The summed E-state index contributed by atoms with van der Waals surface area (Å²) in [5, 5.41) is 1.28. The van der Waals surface area contributed by atoms with Gasteiger partial charge in [0, 0.05) is 12.8 Å². The second-order valence-electron chi connectivity index (χ2n) is 6.00. The van der Waals surface area contributed by atoms with Gasteiger partial charge >= 0.3 is 5.97 Å². The third kappa shape index (κ3) is 5.01. The molecule has 0 saturated carbocycles. The largest absolute Gasteiger partial charge is 0.481 e. The van der Waals surface area contributed by atoms with Crippen LogP contribution in [0.15, 0.2) is 47.3 Å². The van der Waals surface area contributed by atoms with Crippen molar-refractivity contribution in [1.82, 2.24) is 10.4 Å². The number of hydrogen-bond acceptors (Lipinski definition) is 8. The van der Waals surface area contributed by atoms with Crippen molar-refractivity contribution in [2.45, 2.75) is 32.2 Å². The number of ether oxygens (including phenoxy) is 4. The molecule has 0 saturated heterocycles. The van der Waals surface area contributed by atoms with E-state index in [2.05, 4.69) is 10.4 Å². The second-order valence-corrected chi connectivity index (χ2v) is 6.00. The van der Waals surface area contributed by atoms with Gasteiger partial charge in [0.05, 0.1) is 27.4 Å².